The molecule has 0 saturated heterocycles. The number of hydrogen-bond acceptors (Lipinski definition) is 4. The van der Waals surface area contributed by atoms with Crippen molar-refractivity contribution >= 4 is 28.2 Å². The minimum atomic E-state index is -0.281. The van der Waals surface area contributed by atoms with E-state index >= 15 is 0 Å². The zero-order valence-corrected chi connectivity index (χ0v) is 16.7. The second-order valence-electron chi connectivity index (χ2n) is 7.58. The van der Waals surface area contributed by atoms with E-state index in [4.69, 9.17) is 4.74 Å². The first-order valence-corrected chi connectivity index (χ1v) is 11.1. The first-order valence-electron chi connectivity index (χ1n) is 10.3. The van der Waals surface area contributed by atoms with Gasteiger partial charge in [0.15, 0.2) is 0 Å². The molecule has 0 radical (unpaired) electrons. The largest absolute Gasteiger partial charge is 0.462 e. The van der Waals surface area contributed by atoms with E-state index in [2.05, 4.69) is 5.32 Å². The molecule has 2 aliphatic rings. The van der Waals surface area contributed by atoms with Crippen molar-refractivity contribution in [2.45, 2.75) is 84.0 Å². The maximum Gasteiger partial charge on any atom is 0.341 e. The average molecular weight is 378 g/mol. The topological polar surface area (TPSA) is 55.4 Å². The maximum absolute atomic E-state index is 12.6. The Balaban J connectivity index is 1.74. The number of rotatable bonds is 6. The summed E-state index contributed by atoms with van der Waals surface area (Å²) in [6.07, 6.45) is 13.3. The Hall–Kier alpha value is -1.36. The van der Waals surface area contributed by atoms with E-state index < -0.39 is 0 Å². The Morgan fingerprint density at radius 2 is 1.81 bits per heavy atom. The second-order valence-corrected chi connectivity index (χ2v) is 8.69. The number of fused-ring (bicyclic) bond motifs is 1. The summed E-state index contributed by atoms with van der Waals surface area (Å²) >= 11 is 1.59. The number of carbonyl (C=O) groups excluding carboxylic acids is 2. The molecule has 1 fully saturated rings. The van der Waals surface area contributed by atoms with Gasteiger partial charge < -0.3 is 10.1 Å². The first kappa shape index (κ1) is 19.4. The van der Waals surface area contributed by atoms with E-state index in [0.29, 0.717) is 29.5 Å². The minimum Gasteiger partial charge on any atom is -0.462 e. The van der Waals surface area contributed by atoms with Crippen molar-refractivity contribution in [2.24, 2.45) is 5.92 Å². The molecule has 0 atom stereocenters. The van der Waals surface area contributed by atoms with Gasteiger partial charge in [0, 0.05) is 11.3 Å². The van der Waals surface area contributed by atoms with Gasteiger partial charge in [-0.05, 0) is 50.5 Å². The number of aryl methyl sites for hydroxylation is 1. The number of esters is 1. The first-order chi connectivity index (χ1) is 12.7. The lowest BCUT2D eigenvalue weighted by molar-refractivity contribution is -0.116. The van der Waals surface area contributed by atoms with Crippen LogP contribution in [0.1, 0.15) is 91.9 Å². The summed E-state index contributed by atoms with van der Waals surface area (Å²) in [6.45, 7) is 2.19. The van der Waals surface area contributed by atoms with Crippen molar-refractivity contribution < 1.29 is 14.3 Å². The fourth-order valence-corrected chi connectivity index (χ4v) is 5.54. The molecule has 2 aliphatic carbocycles. The average Bonchev–Trinajstić information content (AvgIpc) is 3.21. The number of thiophene rings is 1. The van der Waals surface area contributed by atoms with E-state index in [-0.39, 0.29) is 11.9 Å². The summed E-state index contributed by atoms with van der Waals surface area (Å²) in [5, 5.41) is 3.77. The standard InChI is InChI=1S/C21H31NO3S/c1-2-25-21(24)19-16-11-5-3-4-6-12-17(16)26-20(19)22-18(23)14-13-15-9-7-8-10-15/h15H,2-14H2,1H3,(H,22,23). The van der Waals surface area contributed by atoms with E-state index in [0.717, 1.165) is 37.7 Å². The van der Waals surface area contributed by atoms with Crippen LogP contribution >= 0.6 is 11.3 Å². The van der Waals surface area contributed by atoms with Crippen molar-refractivity contribution in [3.8, 4) is 0 Å². The highest BCUT2D eigenvalue weighted by atomic mass is 32.1. The van der Waals surface area contributed by atoms with Crippen LogP contribution in [-0.4, -0.2) is 18.5 Å². The molecule has 1 N–H and O–H groups in total. The molecule has 1 aromatic rings. The fourth-order valence-electron chi connectivity index (χ4n) is 4.25. The quantitative estimate of drug-likeness (QED) is 0.667. The third-order valence-corrected chi connectivity index (χ3v) is 6.87. The number of hydrogen-bond donors (Lipinski definition) is 1. The van der Waals surface area contributed by atoms with Gasteiger partial charge in [0.05, 0.1) is 12.2 Å². The zero-order valence-electron chi connectivity index (χ0n) is 15.9. The highest BCUT2D eigenvalue weighted by molar-refractivity contribution is 7.17. The number of anilines is 1. The molecule has 1 heterocycles. The Kier molecular flexibility index (Phi) is 7.12. The molecule has 0 aliphatic heterocycles. The third kappa shape index (κ3) is 4.87. The van der Waals surface area contributed by atoms with Crippen molar-refractivity contribution in [3.05, 3.63) is 16.0 Å². The van der Waals surface area contributed by atoms with Gasteiger partial charge in [-0.25, -0.2) is 4.79 Å². The van der Waals surface area contributed by atoms with Crippen molar-refractivity contribution in [3.63, 3.8) is 0 Å². The molecule has 26 heavy (non-hydrogen) atoms. The van der Waals surface area contributed by atoms with Crippen molar-refractivity contribution in [1.29, 1.82) is 0 Å². The van der Waals surface area contributed by atoms with Gasteiger partial charge in [-0.1, -0.05) is 38.5 Å². The van der Waals surface area contributed by atoms with E-state index in [1.165, 1.54) is 43.4 Å². The summed E-state index contributed by atoms with van der Waals surface area (Å²) in [7, 11) is 0. The smallest absolute Gasteiger partial charge is 0.341 e. The molecule has 0 unspecified atom stereocenters. The number of carbonyl (C=O) groups is 2. The van der Waals surface area contributed by atoms with Gasteiger partial charge >= 0.3 is 5.97 Å². The lowest BCUT2D eigenvalue weighted by atomic mass is 9.96. The Morgan fingerprint density at radius 1 is 1.08 bits per heavy atom. The van der Waals surface area contributed by atoms with Crippen molar-refractivity contribution in [2.75, 3.05) is 11.9 Å². The third-order valence-electron chi connectivity index (χ3n) is 5.66. The molecule has 5 heteroatoms. The molecule has 4 nitrogen and oxygen atoms in total. The van der Waals surface area contributed by atoms with E-state index in [1.54, 1.807) is 11.3 Å². The molecular weight excluding hydrogens is 346 g/mol. The summed E-state index contributed by atoms with van der Waals surface area (Å²) in [4.78, 5) is 26.3. The van der Waals surface area contributed by atoms with Gasteiger partial charge in [-0.15, -0.1) is 11.3 Å². The highest BCUT2D eigenvalue weighted by Gasteiger charge is 2.26. The fraction of sp³-hybridized carbons (Fsp3) is 0.714. The van der Waals surface area contributed by atoms with Crippen molar-refractivity contribution in [1.82, 2.24) is 0 Å². The van der Waals surface area contributed by atoms with E-state index in [9.17, 15) is 9.59 Å². The normalized spacial score (nSPS) is 18.0. The van der Waals surface area contributed by atoms with Gasteiger partial charge in [-0.3, -0.25) is 4.79 Å². The lowest BCUT2D eigenvalue weighted by Crippen LogP contribution is -2.16. The molecule has 144 valence electrons. The van der Waals surface area contributed by atoms with E-state index in [1.807, 2.05) is 6.92 Å². The number of nitrogens with one attached hydrogen (secondary N) is 1. The van der Waals surface area contributed by atoms with Gasteiger partial charge in [-0.2, -0.15) is 0 Å². The molecule has 1 amide bonds. The van der Waals surface area contributed by atoms with Crippen LogP contribution in [0.4, 0.5) is 5.00 Å². The van der Waals surface area contributed by atoms with Crippen LogP contribution < -0.4 is 5.32 Å². The monoisotopic (exact) mass is 377 g/mol. The van der Waals surface area contributed by atoms with Gasteiger partial charge in [0.1, 0.15) is 5.00 Å². The van der Waals surface area contributed by atoms with Crippen LogP contribution in [0.2, 0.25) is 0 Å². The Bertz CT molecular complexity index is 631. The molecule has 0 aromatic carbocycles. The summed E-state index contributed by atoms with van der Waals surface area (Å²) in [5.74, 6) is 0.460. The summed E-state index contributed by atoms with van der Waals surface area (Å²) < 4.78 is 5.30. The predicted molar refractivity (Wildman–Crippen MR) is 106 cm³/mol. The Labute approximate surface area is 160 Å². The zero-order chi connectivity index (χ0) is 18.4. The van der Waals surface area contributed by atoms with Gasteiger partial charge in [0.25, 0.3) is 0 Å². The van der Waals surface area contributed by atoms with Crippen LogP contribution in [0.3, 0.4) is 0 Å². The SMILES string of the molecule is CCOC(=O)c1c(NC(=O)CCC2CCCC2)sc2c1CCCCCC2. The maximum atomic E-state index is 12.6. The molecule has 1 saturated carbocycles. The number of ether oxygens (including phenoxy) is 1. The molecule has 1 aromatic heterocycles. The van der Waals surface area contributed by atoms with Crippen LogP contribution in [0.15, 0.2) is 0 Å². The second kappa shape index (κ2) is 9.54. The molecule has 3 rings (SSSR count). The van der Waals surface area contributed by atoms with Crippen LogP contribution in [-0.2, 0) is 22.4 Å². The Morgan fingerprint density at radius 3 is 2.54 bits per heavy atom. The minimum absolute atomic E-state index is 0.0386. The molecule has 0 bridgehead atoms. The van der Waals surface area contributed by atoms with Crippen LogP contribution in [0.5, 0.6) is 0 Å². The predicted octanol–water partition coefficient (Wildman–Crippen LogP) is 5.49. The van der Waals surface area contributed by atoms with Crippen LogP contribution in [0, 0.1) is 5.92 Å². The van der Waals surface area contributed by atoms with Gasteiger partial charge in [0.2, 0.25) is 5.91 Å². The van der Waals surface area contributed by atoms with Crippen LogP contribution in [0.25, 0.3) is 0 Å². The summed E-state index contributed by atoms with van der Waals surface area (Å²) in [5.41, 5.74) is 1.75. The summed E-state index contributed by atoms with van der Waals surface area (Å²) in [6, 6.07) is 0. The lowest BCUT2D eigenvalue weighted by Gasteiger charge is -2.12. The molecular formula is C21H31NO3S. The highest BCUT2D eigenvalue weighted by Crippen LogP contribution is 2.38. The number of amides is 1. The molecule has 0 spiro atoms.